The molecule has 126 valence electrons. The van der Waals surface area contributed by atoms with Crippen LogP contribution in [0.5, 0.6) is 0 Å². The molecule has 4 heteroatoms. The fourth-order valence-electron chi connectivity index (χ4n) is 4.25. The SMILES string of the molecule is [C-]#[N+]Cc1cc2c3c([n+](C)ccc3c1)-c1c(cc3occc3c1C)N2C. The van der Waals surface area contributed by atoms with Gasteiger partial charge in [-0.05, 0) is 36.1 Å². The van der Waals surface area contributed by atoms with E-state index in [0.717, 1.165) is 27.9 Å². The van der Waals surface area contributed by atoms with Crippen molar-refractivity contribution in [3.8, 4) is 11.3 Å². The number of hydrogen-bond donors (Lipinski definition) is 0. The van der Waals surface area contributed by atoms with Crippen LogP contribution < -0.4 is 9.47 Å². The zero-order chi connectivity index (χ0) is 18.0. The highest BCUT2D eigenvalue weighted by atomic mass is 16.3. The number of hydrogen-bond acceptors (Lipinski definition) is 2. The summed E-state index contributed by atoms with van der Waals surface area (Å²) in [4.78, 5) is 5.80. The number of aromatic nitrogens is 1. The summed E-state index contributed by atoms with van der Waals surface area (Å²) < 4.78 is 7.89. The smallest absolute Gasteiger partial charge is 0.239 e. The molecular weight excluding hydrogens is 322 g/mol. The molecule has 4 nitrogen and oxygen atoms in total. The lowest BCUT2D eigenvalue weighted by atomic mass is 9.90. The average Bonchev–Trinajstić information content (AvgIpc) is 3.10. The van der Waals surface area contributed by atoms with Gasteiger partial charge < -0.3 is 14.2 Å². The van der Waals surface area contributed by atoms with Gasteiger partial charge >= 0.3 is 0 Å². The molecule has 26 heavy (non-hydrogen) atoms. The van der Waals surface area contributed by atoms with Gasteiger partial charge in [0.05, 0.1) is 28.6 Å². The highest BCUT2D eigenvalue weighted by molar-refractivity contribution is 6.12. The van der Waals surface area contributed by atoms with E-state index in [4.69, 9.17) is 11.0 Å². The summed E-state index contributed by atoms with van der Waals surface area (Å²) in [5, 5.41) is 3.57. The van der Waals surface area contributed by atoms with Gasteiger partial charge in [-0.2, -0.15) is 0 Å². The predicted molar refractivity (Wildman–Crippen MR) is 103 cm³/mol. The first-order valence-electron chi connectivity index (χ1n) is 8.63. The van der Waals surface area contributed by atoms with Gasteiger partial charge in [0.15, 0.2) is 6.20 Å². The number of fused-ring (bicyclic) bond motifs is 3. The van der Waals surface area contributed by atoms with Crippen molar-refractivity contribution in [3.05, 3.63) is 65.3 Å². The summed E-state index contributed by atoms with van der Waals surface area (Å²) in [6.07, 6.45) is 3.86. The first-order chi connectivity index (χ1) is 12.6. The van der Waals surface area contributed by atoms with Gasteiger partial charge in [-0.1, -0.05) is 0 Å². The Labute approximate surface area is 151 Å². The van der Waals surface area contributed by atoms with Crippen molar-refractivity contribution >= 4 is 33.1 Å². The van der Waals surface area contributed by atoms with Crippen molar-refractivity contribution in [3.63, 3.8) is 0 Å². The van der Waals surface area contributed by atoms with E-state index in [0.29, 0.717) is 6.54 Å². The van der Waals surface area contributed by atoms with Gasteiger partial charge in [0.2, 0.25) is 12.2 Å². The van der Waals surface area contributed by atoms with Crippen LogP contribution in [0.4, 0.5) is 11.4 Å². The van der Waals surface area contributed by atoms with E-state index in [1.165, 1.54) is 27.6 Å². The fraction of sp³-hybridized carbons (Fsp3) is 0.182. The molecule has 0 bridgehead atoms. The Balaban J connectivity index is 1.98. The van der Waals surface area contributed by atoms with Crippen LogP contribution in [0.15, 0.2) is 47.2 Å². The van der Waals surface area contributed by atoms with Gasteiger partial charge in [0.1, 0.15) is 12.6 Å². The Hall–Kier alpha value is -3.32. The lowest BCUT2D eigenvalue weighted by Crippen LogP contribution is -2.33. The van der Waals surface area contributed by atoms with E-state index in [9.17, 15) is 0 Å². The second-order valence-electron chi connectivity index (χ2n) is 6.96. The largest absolute Gasteiger partial charge is 0.464 e. The van der Waals surface area contributed by atoms with E-state index < -0.39 is 0 Å². The molecule has 0 saturated carbocycles. The van der Waals surface area contributed by atoms with Crippen LogP contribution in [0.1, 0.15) is 11.1 Å². The number of pyridine rings is 1. The molecule has 0 aliphatic carbocycles. The van der Waals surface area contributed by atoms with Gasteiger partial charge in [0.25, 0.3) is 0 Å². The molecule has 0 radical (unpaired) electrons. The molecule has 1 aliphatic heterocycles. The van der Waals surface area contributed by atoms with E-state index in [-0.39, 0.29) is 0 Å². The minimum Gasteiger partial charge on any atom is -0.464 e. The normalized spacial score (nSPS) is 12.5. The molecule has 0 unspecified atom stereocenters. The van der Waals surface area contributed by atoms with Crippen molar-refractivity contribution in [1.82, 2.24) is 0 Å². The van der Waals surface area contributed by atoms with Gasteiger partial charge in [0, 0.05) is 30.1 Å². The number of furan rings is 1. The topological polar surface area (TPSA) is 24.6 Å². The number of rotatable bonds is 1. The third-order valence-electron chi connectivity index (χ3n) is 5.49. The molecule has 0 spiro atoms. The highest BCUT2D eigenvalue weighted by Crippen LogP contribution is 2.48. The Morgan fingerprint density at radius 1 is 1.19 bits per heavy atom. The zero-order valence-electron chi connectivity index (χ0n) is 15.0. The third kappa shape index (κ3) is 1.80. The molecule has 0 N–H and O–H groups in total. The van der Waals surface area contributed by atoms with Crippen LogP contribution in [-0.4, -0.2) is 7.05 Å². The molecule has 0 saturated heterocycles. The van der Waals surface area contributed by atoms with Crippen LogP contribution in [0.3, 0.4) is 0 Å². The molecule has 4 aromatic rings. The standard InChI is InChI=1S/C22H18N3O/c1-13-16-6-8-26-19(16)11-18-20(13)22-21-15(5-7-24(22)3)9-14(12-23-2)10-17(21)25(18)4/h5-11H,12H2,1,3-4H3/q+1. The van der Waals surface area contributed by atoms with E-state index in [1.54, 1.807) is 6.26 Å². The lowest BCUT2D eigenvalue weighted by Gasteiger charge is -2.29. The molecule has 0 amide bonds. The van der Waals surface area contributed by atoms with Gasteiger partial charge in [-0.25, -0.2) is 11.1 Å². The maximum atomic E-state index is 7.23. The Bertz CT molecular complexity index is 1260. The van der Waals surface area contributed by atoms with Crippen LogP contribution >= 0.6 is 0 Å². The summed E-state index contributed by atoms with van der Waals surface area (Å²) >= 11 is 0. The first kappa shape index (κ1) is 15.0. The molecule has 2 aromatic heterocycles. The highest BCUT2D eigenvalue weighted by Gasteiger charge is 2.32. The van der Waals surface area contributed by atoms with E-state index in [2.05, 4.69) is 65.8 Å². The van der Waals surface area contributed by atoms with Crippen molar-refractivity contribution < 1.29 is 8.98 Å². The van der Waals surface area contributed by atoms with Gasteiger partial charge in [-0.15, -0.1) is 0 Å². The molecule has 1 aliphatic rings. The average molecular weight is 340 g/mol. The fourth-order valence-corrected chi connectivity index (χ4v) is 4.25. The summed E-state index contributed by atoms with van der Waals surface area (Å²) in [6, 6.07) is 10.6. The zero-order valence-corrected chi connectivity index (χ0v) is 15.0. The van der Waals surface area contributed by atoms with E-state index in [1.807, 2.05) is 6.07 Å². The summed E-state index contributed by atoms with van der Waals surface area (Å²) in [5.74, 6) is 0. The summed E-state index contributed by atoms with van der Waals surface area (Å²) in [7, 11) is 4.19. The number of aryl methyl sites for hydroxylation is 2. The number of anilines is 2. The monoisotopic (exact) mass is 340 g/mol. The Morgan fingerprint density at radius 3 is 2.85 bits per heavy atom. The van der Waals surface area contributed by atoms with Crippen LogP contribution in [0.2, 0.25) is 0 Å². The van der Waals surface area contributed by atoms with Crippen molar-refractivity contribution in [2.24, 2.45) is 7.05 Å². The maximum Gasteiger partial charge on any atom is 0.239 e. The van der Waals surface area contributed by atoms with Crippen LogP contribution in [0, 0.1) is 13.5 Å². The number of benzene rings is 2. The summed E-state index contributed by atoms with van der Waals surface area (Å²) in [6.45, 7) is 9.80. The quantitative estimate of drug-likeness (QED) is 0.364. The second kappa shape index (κ2) is 5.09. The van der Waals surface area contributed by atoms with Crippen LogP contribution in [0.25, 0.3) is 37.8 Å². The minimum absolute atomic E-state index is 0.399. The first-order valence-corrected chi connectivity index (χ1v) is 8.63. The molecular formula is C22H18N3O+. The van der Waals surface area contributed by atoms with Crippen LogP contribution in [-0.2, 0) is 13.6 Å². The predicted octanol–water partition coefficient (Wildman–Crippen LogP) is 4.89. The molecule has 5 rings (SSSR count). The maximum absolute atomic E-state index is 7.23. The Kier molecular flexibility index (Phi) is 2.93. The third-order valence-corrected chi connectivity index (χ3v) is 5.49. The Morgan fingerprint density at radius 2 is 2.04 bits per heavy atom. The summed E-state index contributed by atoms with van der Waals surface area (Å²) in [5.41, 5.74) is 7.94. The van der Waals surface area contributed by atoms with Gasteiger partial charge in [-0.3, -0.25) is 0 Å². The molecule has 2 aromatic carbocycles. The van der Waals surface area contributed by atoms with Crippen molar-refractivity contribution in [2.75, 3.05) is 11.9 Å². The van der Waals surface area contributed by atoms with Crippen molar-refractivity contribution in [1.29, 1.82) is 0 Å². The molecule has 0 fully saturated rings. The van der Waals surface area contributed by atoms with E-state index >= 15 is 0 Å². The molecule has 3 heterocycles. The number of nitrogens with zero attached hydrogens (tertiary/aromatic N) is 3. The van der Waals surface area contributed by atoms with Crippen molar-refractivity contribution in [2.45, 2.75) is 13.5 Å². The minimum atomic E-state index is 0.399. The lowest BCUT2D eigenvalue weighted by molar-refractivity contribution is -0.659. The molecule has 0 atom stereocenters. The second-order valence-corrected chi connectivity index (χ2v) is 6.96.